The number of thiazole rings is 1. The molecule has 27 heavy (non-hydrogen) atoms. The molecule has 4 rings (SSSR count). The van der Waals surface area contributed by atoms with Crippen molar-refractivity contribution in [1.29, 1.82) is 0 Å². The van der Waals surface area contributed by atoms with Crippen LogP contribution in [0.3, 0.4) is 0 Å². The van der Waals surface area contributed by atoms with Gasteiger partial charge in [-0.05, 0) is 36.8 Å². The third kappa shape index (κ3) is 4.38. The predicted octanol–water partition coefficient (Wildman–Crippen LogP) is 6.52. The van der Waals surface area contributed by atoms with Crippen LogP contribution < -0.4 is 0 Å². The lowest BCUT2D eigenvalue weighted by molar-refractivity contribution is 0.936. The molecule has 0 bridgehead atoms. The lowest BCUT2D eigenvalue weighted by Gasteiger charge is -2.02. The molecule has 0 spiro atoms. The van der Waals surface area contributed by atoms with Crippen molar-refractivity contribution in [2.75, 3.05) is 0 Å². The van der Waals surface area contributed by atoms with Gasteiger partial charge in [0, 0.05) is 16.3 Å². The molecule has 0 radical (unpaired) electrons. The maximum absolute atomic E-state index is 6.03. The van der Waals surface area contributed by atoms with Crippen LogP contribution in [-0.2, 0) is 5.75 Å². The first-order valence-electron chi connectivity index (χ1n) is 8.43. The molecule has 2 aromatic carbocycles. The van der Waals surface area contributed by atoms with Crippen LogP contribution in [0.1, 0.15) is 11.3 Å². The predicted molar refractivity (Wildman–Crippen MR) is 114 cm³/mol. The summed E-state index contributed by atoms with van der Waals surface area (Å²) in [6.07, 6.45) is 0. The van der Waals surface area contributed by atoms with Crippen molar-refractivity contribution in [3.05, 3.63) is 83.0 Å². The molecule has 0 fully saturated rings. The van der Waals surface area contributed by atoms with E-state index < -0.39 is 0 Å². The SMILES string of the molecule is Cc1nc(-c2ccccc2)sc1-c1ccc(SCc2cccc(Cl)c2)nn1. The zero-order valence-electron chi connectivity index (χ0n) is 14.6. The minimum Gasteiger partial charge on any atom is -0.241 e. The summed E-state index contributed by atoms with van der Waals surface area (Å²) in [5.74, 6) is 0.812. The van der Waals surface area contributed by atoms with Crippen molar-refractivity contribution >= 4 is 34.7 Å². The minimum atomic E-state index is 0.754. The van der Waals surface area contributed by atoms with E-state index in [0.717, 1.165) is 42.6 Å². The van der Waals surface area contributed by atoms with Gasteiger partial charge in [-0.25, -0.2) is 4.98 Å². The summed E-state index contributed by atoms with van der Waals surface area (Å²) in [6, 6.07) is 22.1. The monoisotopic (exact) mass is 409 g/mol. The van der Waals surface area contributed by atoms with Crippen molar-refractivity contribution in [2.45, 2.75) is 17.7 Å². The molecule has 0 aliphatic carbocycles. The summed E-state index contributed by atoms with van der Waals surface area (Å²) in [4.78, 5) is 5.76. The molecule has 0 aliphatic rings. The molecule has 6 heteroatoms. The van der Waals surface area contributed by atoms with Gasteiger partial charge < -0.3 is 0 Å². The van der Waals surface area contributed by atoms with Crippen LogP contribution >= 0.6 is 34.7 Å². The van der Waals surface area contributed by atoms with Gasteiger partial charge in [0.25, 0.3) is 0 Å². The van der Waals surface area contributed by atoms with Crippen LogP contribution in [0.25, 0.3) is 21.1 Å². The molecule has 3 nitrogen and oxygen atoms in total. The molecule has 0 atom stereocenters. The highest BCUT2D eigenvalue weighted by Gasteiger charge is 2.13. The van der Waals surface area contributed by atoms with Crippen molar-refractivity contribution < 1.29 is 0 Å². The van der Waals surface area contributed by atoms with Crippen molar-refractivity contribution in [1.82, 2.24) is 15.2 Å². The van der Waals surface area contributed by atoms with Gasteiger partial charge in [-0.2, -0.15) is 0 Å². The third-order valence-electron chi connectivity index (χ3n) is 3.97. The van der Waals surface area contributed by atoms with Crippen molar-refractivity contribution in [3.8, 4) is 21.1 Å². The summed E-state index contributed by atoms with van der Waals surface area (Å²) in [5, 5.41) is 11.4. The van der Waals surface area contributed by atoms with Gasteiger partial charge in [0.05, 0.1) is 10.6 Å². The summed E-state index contributed by atoms with van der Waals surface area (Å²) < 4.78 is 0. The van der Waals surface area contributed by atoms with E-state index >= 15 is 0 Å². The fraction of sp³-hybridized carbons (Fsp3) is 0.0952. The highest BCUT2D eigenvalue weighted by atomic mass is 35.5. The number of hydrogen-bond acceptors (Lipinski definition) is 5. The van der Waals surface area contributed by atoms with Gasteiger partial charge in [0.1, 0.15) is 15.7 Å². The van der Waals surface area contributed by atoms with E-state index in [0.29, 0.717) is 0 Å². The highest BCUT2D eigenvalue weighted by Crippen LogP contribution is 2.34. The lowest BCUT2D eigenvalue weighted by Crippen LogP contribution is -1.90. The Morgan fingerprint density at radius 3 is 2.56 bits per heavy atom. The zero-order valence-corrected chi connectivity index (χ0v) is 17.0. The van der Waals surface area contributed by atoms with Crippen LogP contribution in [0.2, 0.25) is 5.02 Å². The van der Waals surface area contributed by atoms with Gasteiger partial charge in [0.15, 0.2) is 0 Å². The van der Waals surface area contributed by atoms with E-state index in [9.17, 15) is 0 Å². The Labute approximate surface area is 171 Å². The van der Waals surface area contributed by atoms with E-state index in [1.165, 1.54) is 5.56 Å². The summed E-state index contributed by atoms with van der Waals surface area (Å²) >= 11 is 9.33. The summed E-state index contributed by atoms with van der Waals surface area (Å²) in [7, 11) is 0. The van der Waals surface area contributed by atoms with E-state index in [4.69, 9.17) is 16.6 Å². The largest absolute Gasteiger partial charge is 0.241 e. The molecule has 134 valence electrons. The minimum absolute atomic E-state index is 0.754. The topological polar surface area (TPSA) is 38.7 Å². The zero-order chi connectivity index (χ0) is 18.6. The number of hydrogen-bond donors (Lipinski definition) is 0. The molecule has 0 saturated heterocycles. The fourth-order valence-electron chi connectivity index (χ4n) is 2.64. The van der Waals surface area contributed by atoms with E-state index in [1.807, 2.05) is 55.5 Å². The van der Waals surface area contributed by atoms with Gasteiger partial charge >= 0.3 is 0 Å². The highest BCUT2D eigenvalue weighted by molar-refractivity contribution is 7.98. The number of aromatic nitrogens is 3. The van der Waals surface area contributed by atoms with E-state index in [-0.39, 0.29) is 0 Å². The average molecular weight is 410 g/mol. The molecular weight excluding hydrogens is 394 g/mol. The quantitative estimate of drug-likeness (QED) is 0.351. The van der Waals surface area contributed by atoms with Crippen LogP contribution in [0.4, 0.5) is 0 Å². The lowest BCUT2D eigenvalue weighted by atomic mass is 10.2. The molecule has 2 heterocycles. The van der Waals surface area contributed by atoms with Crippen LogP contribution in [0.5, 0.6) is 0 Å². The summed E-state index contributed by atoms with van der Waals surface area (Å²) in [6.45, 7) is 2.02. The Bertz CT molecular complexity index is 1050. The number of halogens is 1. The Balaban J connectivity index is 1.50. The summed E-state index contributed by atoms with van der Waals surface area (Å²) in [5.41, 5.74) is 4.13. The van der Waals surface area contributed by atoms with E-state index in [1.54, 1.807) is 23.1 Å². The Kier molecular flexibility index (Phi) is 5.53. The van der Waals surface area contributed by atoms with Crippen LogP contribution in [0.15, 0.2) is 71.8 Å². The first-order valence-corrected chi connectivity index (χ1v) is 10.6. The van der Waals surface area contributed by atoms with Crippen LogP contribution in [-0.4, -0.2) is 15.2 Å². The van der Waals surface area contributed by atoms with E-state index in [2.05, 4.69) is 28.4 Å². The van der Waals surface area contributed by atoms with Crippen LogP contribution in [0, 0.1) is 6.92 Å². The van der Waals surface area contributed by atoms with Gasteiger partial charge in [-0.1, -0.05) is 65.8 Å². The number of nitrogens with zero attached hydrogens (tertiary/aromatic N) is 3. The fourth-order valence-corrected chi connectivity index (χ4v) is 4.65. The molecule has 4 aromatic rings. The number of benzene rings is 2. The number of aryl methyl sites for hydroxylation is 1. The molecule has 0 amide bonds. The van der Waals surface area contributed by atoms with Gasteiger partial charge in [-0.3, -0.25) is 0 Å². The third-order valence-corrected chi connectivity index (χ3v) is 6.42. The standard InChI is InChI=1S/C21H16ClN3S2/c1-14-20(27-21(23-14)16-7-3-2-4-8-16)18-10-11-19(25-24-18)26-13-15-6-5-9-17(22)12-15/h2-12H,13H2,1H3. The number of thioether (sulfide) groups is 1. The maximum Gasteiger partial charge on any atom is 0.124 e. The molecular formula is C21H16ClN3S2. The molecule has 2 aromatic heterocycles. The second-order valence-electron chi connectivity index (χ2n) is 5.97. The molecule has 0 aliphatic heterocycles. The normalized spacial score (nSPS) is 10.9. The first kappa shape index (κ1) is 18.2. The molecule has 0 N–H and O–H groups in total. The first-order chi connectivity index (χ1) is 13.2. The smallest absolute Gasteiger partial charge is 0.124 e. The molecule has 0 unspecified atom stereocenters. The Morgan fingerprint density at radius 1 is 0.963 bits per heavy atom. The average Bonchev–Trinajstić information content (AvgIpc) is 3.09. The van der Waals surface area contributed by atoms with Gasteiger partial charge in [-0.15, -0.1) is 21.5 Å². The second kappa shape index (κ2) is 8.21. The number of rotatable bonds is 5. The Hall–Kier alpha value is -2.21. The van der Waals surface area contributed by atoms with Crippen molar-refractivity contribution in [2.24, 2.45) is 0 Å². The van der Waals surface area contributed by atoms with Gasteiger partial charge in [0.2, 0.25) is 0 Å². The second-order valence-corrected chi connectivity index (χ2v) is 8.41. The van der Waals surface area contributed by atoms with Crippen molar-refractivity contribution in [3.63, 3.8) is 0 Å². The molecule has 0 saturated carbocycles. The maximum atomic E-state index is 6.03. The Morgan fingerprint density at radius 2 is 1.81 bits per heavy atom.